The summed E-state index contributed by atoms with van der Waals surface area (Å²) in [5.41, 5.74) is 1.36. The number of unbranched alkanes of at least 4 members (excludes halogenated alkanes) is 3. The minimum atomic E-state index is -0.886. The van der Waals surface area contributed by atoms with Crippen LogP contribution in [-0.4, -0.2) is 48.6 Å². The summed E-state index contributed by atoms with van der Waals surface area (Å²) in [5, 5.41) is 11.7. The van der Waals surface area contributed by atoms with E-state index in [0.717, 1.165) is 32.1 Å². The van der Waals surface area contributed by atoms with Gasteiger partial charge in [-0.05, 0) is 38.9 Å². The maximum absolute atomic E-state index is 11.9. The third-order valence-corrected chi connectivity index (χ3v) is 3.83. The molecule has 0 aliphatic heterocycles. The average molecular weight is 334 g/mol. The molecule has 0 radical (unpaired) electrons. The molecule has 1 aromatic rings. The molecule has 1 atom stereocenters. The van der Waals surface area contributed by atoms with Gasteiger partial charge in [0.25, 0.3) is 0 Å². The Morgan fingerprint density at radius 2 is 1.75 bits per heavy atom. The molecule has 0 heterocycles. The fourth-order valence-electron chi connectivity index (χ4n) is 2.73. The summed E-state index contributed by atoms with van der Waals surface area (Å²) in [6.07, 6.45) is 5.62. The highest BCUT2D eigenvalue weighted by Crippen LogP contribution is 2.09. The lowest BCUT2D eigenvalue weighted by atomic mass is 10.1. The second kappa shape index (κ2) is 11.6. The van der Waals surface area contributed by atoms with Gasteiger partial charge in [-0.2, -0.15) is 0 Å². The lowest BCUT2D eigenvalue weighted by Gasteiger charge is -2.20. The van der Waals surface area contributed by atoms with Crippen LogP contribution in [0.25, 0.3) is 0 Å². The summed E-state index contributed by atoms with van der Waals surface area (Å²) in [6, 6.07) is 10.1. The highest BCUT2D eigenvalue weighted by molar-refractivity contribution is 5.77. The molecule has 1 unspecified atom stereocenters. The molecule has 0 aliphatic carbocycles. The van der Waals surface area contributed by atoms with Crippen molar-refractivity contribution in [2.45, 2.75) is 51.0 Å². The largest absolute Gasteiger partial charge is 0.481 e. The number of rotatable bonds is 12. The Kier molecular flexibility index (Phi) is 9.77. The first-order valence-electron chi connectivity index (χ1n) is 8.67. The Labute approximate surface area is 145 Å². The number of amides is 1. The number of carboxylic acids is 1. The predicted octanol–water partition coefficient (Wildman–Crippen LogP) is 2.70. The van der Waals surface area contributed by atoms with Crippen LogP contribution in [0.3, 0.4) is 0 Å². The molecule has 1 amide bonds. The first kappa shape index (κ1) is 20.2. The Morgan fingerprint density at radius 1 is 1.08 bits per heavy atom. The molecule has 0 fully saturated rings. The Hall–Kier alpha value is -1.88. The fourth-order valence-corrected chi connectivity index (χ4v) is 2.73. The van der Waals surface area contributed by atoms with E-state index in [1.807, 2.05) is 25.1 Å². The number of nitrogens with zero attached hydrogens (tertiary/aromatic N) is 1. The fraction of sp³-hybridized carbons (Fsp3) is 0.579. The second-order valence-corrected chi connectivity index (χ2v) is 6.52. The predicted molar refractivity (Wildman–Crippen MR) is 96.0 cm³/mol. The van der Waals surface area contributed by atoms with Crippen molar-refractivity contribution in [2.24, 2.45) is 0 Å². The standard InChI is InChI=1S/C19H30N2O3/c1-21(2)15-17(14-19(23)24)20-18(22)13-9-4-3-6-10-16-11-7-5-8-12-16/h5,7-8,11-12,17H,3-4,6,9-10,13-15H2,1-2H3,(H,20,22)(H,23,24). The maximum atomic E-state index is 11.9. The van der Waals surface area contributed by atoms with Gasteiger partial charge in [0.2, 0.25) is 5.91 Å². The molecule has 2 N–H and O–H groups in total. The van der Waals surface area contributed by atoms with Gasteiger partial charge < -0.3 is 15.3 Å². The van der Waals surface area contributed by atoms with E-state index in [9.17, 15) is 9.59 Å². The Bertz CT molecular complexity index is 489. The van der Waals surface area contributed by atoms with E-state index >= 15 is 0 Å². The molecule has 5 heteroatoms. The van der Waals surface area contributed by atoms with Crippen molar-refractivity contribution in [1.29, 1.82) is 0 Å². The highest BCUT2D eigenvalue weighted by Gasteiger charge is 2.16. The van der Waals surface area contributed by atoms with Crippen molar-refractivity contribution in [1.82, 2.24) is 10.2 Å². The van der Waals surface area contributed by atoms with Gasteiger partial charge in [-0.25, -0.2) is 0 Å². The van der Waals surface area contributed by atoms with Gasteiger partial charge in [0.05, 0.1) is 12.5 Å². The van der Waals surface area contributed by atoms with Gasteiger partial charge in [0.1, 0.15) is 0 Å². The van der Waals surface area contributed by atoms with E-state index < -0.39 is 5.97 Å². The lowest BCUT2D eigenvalue weighted by Crippen LogP contribution is -2.42. The van der Waals surface area contributed by atoms with Crippen LogP contribution in [0.1, 0.15) is 44.1 Å². The summed E-state index contributed by atoms with van der Waals surface area (Å²) in [5.74, 6) is -0.936. The zero-order chi connectivity index (χ0) is 17.8. The molecule has 5 nitrogen and oxygen atoms in total. The molecule has 0 aromatic heterocycles. The first-order chi connectivity index (χ1) is 11.5. The molecule has 0 saturated heterocycles. The number of carboxylic acid groups (broad SMARTS) is 1. The van der Waals surface area contributed by atoms with Crippen LogP contribution in [0, 0.1) is 0 Å². The SMILES string of the molecule is CN(C)CC(CC(=O)O)NC(=O)CCCCCCc1ccccc1. The van der Waals surface area contributed by atoms with E-state index in [1.54, 1.807) is 0 Å². The zero-order valence-electron chi connectivity index (χ0n) is 14.8. The average Bonchev–Trinajstić information content (AvgIpc) is 2.50. The first-order valence-corrected chi connectivity index (χ1v) is 8.67. The smallest absolute Gasteiger partial charge is 0.305 e. The number of aliphatic carboxylic acids is 1. The number of nitrogens with one attached hydrogen (secondary N) is 1. The van der Waals surface area contributed by atoms with Crippen molar-refractivity contribution in [3.8, 4) is 0 Å². The highest BCUT2D eigenvalue weighted by atomic mass is 16.4. The molecular weight excluding hydrogens is 304 g/mol. The number of hydrogen-bond acceptors (Lipinski definition) is 3. The topological polar surface area (TPSA) is 69.6 Å². The Morgan fingerprint density at radius 3 is 2.38 bits per heavy atom. The molecule has 0 aliphatic rings. The van der Waals surface area contributed by atoms with Gasteiger partial charge in [-0.1, -0.05) is 43.2 Å². The molecule has 1 rings (SSSR count). The quantitative estimate of drug-likeness (QED) is 0.577. The van der Waals surface area contributed by atoms with Gasteiger partial charge in [0, 0.05) is 13.0 Å². The molecular formula is C19H30N2O3. The van der Waals surface area contributed by atoms with E-state index in [0.29, 0.717) is 13.0 Å². The van der Waals surface area contributed by atoms with Gasteiger partial charge >= 0.3 is 5.97 Å². The van der Waals surface area contributed by atoms with Crippen LogP contribution in [0.15, 0.2) is 30.3 Å². The summed E-state index contributed by atoms with van der Waals surface area (Å²) in [6.45, 7) is 0.537. The molecule has 0 saturated carbocycles. The van der Waals surface area contributed by atoms with Gasteiger partial charge in [-0.15, -0.1) is 0 Å². The number of hydrogen-bond donors (Lipinski definition) is 2. The van der Waals surface area contributed by atoms with Crippen molar-refractivity contribution >= 4 is 11.9 Å². The molecule has 24 heavy (non-hydrogen) atoms. The van der Waals surface area contributed by atoms with Crippen molar-refractivity contribution in [3.63, 3.8) is 0 Å². The number of benzene rings is 1. The monoisotopic (exact) mass is 334 g/mol. The third-order valence-electron chi connectivity index (χ3n) is 3.83. The van der Waals surface area contributed by atoms with E-state index in [-0.39, 0.29) is 18.4 Å². The van der Waals surface area contributed by atoms with E-state index in [1.165, 1.54) is 5.56 Å². The second-order valence-electron chi connectivity index (χ2n) is 6.52. The minimum Gasteiger partial charge on any atom is -0.481 e. The van der Waals surface area contributed by atoms with E-state index in [4.69, 9.17) is 5.11 Å². The van der Waals surface area contributed by atoms with Crippen LogP contribution < -0.4 is 5.32 Å². The van der Waals surface area contributed by atoms with E-state index in [2.05, 4.69) is 29.6 Å². The Balaban J connectivity index is 2.14. The van der Waals surface area contributed by atoms with Crippen LogP contribution >= 0.6 is 0 Å². The van der Waals surface area contributed by atoms with Crippen LogP contribution in [0.5, 0.6) is 0 Å². The molecule has 1 aromatic carbocycles. The molecule has 134 valence electrons. The lowest BCUT2D eigenvalue weighted by molar-refractivity contribution is -0.137. The normalized spacial score (nSPS) is 12.1. The third kappa shape index (κ3) is 10.0. The van der Waals surface area contributed by atoms with Crippen LogP contribution in [0.4, 0.5) is 0 Å². The summed E-state index contributed by atoms with van der Waals surface area (Å²) >= 11 is 0. The summed E-state index contributed by atoms with van der Waals surface area (Å²) < 4.78 is 0. The number of carbonyl (C=O) groups is 2. The zero-order valence-corrected chi connectivity index (χ0v) is 14.8. The maximum Gasteiger partial charge on any atom is 0.305 e. The summed E-state index contributed by atoms with van der Waals surface area (Å²) in [7, 11) is 3.74. The summed E-state index contributed by atoms with van der Waals surface area (Å²) in [4.78, 5) is 24.7. The molecule has 0 spiro atoms. The number of carbonyl (C=O) groups excluding carboxylic acids is 1. The van der Waals surface area contributed by atoms with Crippen LogP contribution in [0.2, 0.25) is 0 Å². The number of likely N-dealkylation sites (N-methyl/N-ethyl adjacent to an activating group) is 1. The van der Waals surface area contributed by atoms with Crippen LogP contribution in [-0.2, 0) is 16.0 Å². The molecule has 0 bridgehead atoms. The minimum absolute atomic E-state index is 0.0407. The number of aryl methyl sites for hydroxylation is 1. The van der Waals surface area contributed by atoms with Crippen molar-refractivity contribution in [3.05, 3.63) is 35.9 Å². The van der Waals surface area contributed by atoms with Gasteiger partial charge in [-0.3, -0.25) is 9.59 Å². The van der Waals surface area contributed by atoms with Crippen molar-refractivity contribution in [2.75, 3.05) is 20.6 Å². The van der Waals surface area contributed by atoms with Gasteiger partial charge in [0.15, 0.2) is 0 Å². The van der Waals surface area contributed by atoms with Crippen molar-refractivity contribution < 1.29 is 14.7 Å².